The third-order valence-electron chi connectivity index (χ3n) is 2.97. The quantitative estimate of drug-likeness (QED) is 0.797. The zero-order chi connectivity index (χ0) is 11.8. The molecule has 0 saturated heterocycles. The number of ether oxygens (including phenoxy) is 1. The minimum Gasteiger partial charge on any atom is -0.464 e. The van der Waals surface area contributed by atoms with E-state index in [-0.39, 0.29) is 6.23 Å². The van der Waals surface area contributed by atoms with E-state index in [9.17, 15) is 0 Å². The van der Waals surface area contributed by atoms with Crippen LogP contribution >= 0.6 is 0 Å². The maximum atomic E-state index is 5.89. The number of para-hydroxylation sites is 2. The first-order valence-electron chi connectivity index (χ1n) is 5.83. The highest BCUT2D eigenvalue weighted by atomic mass is 16.5. The summed E-state index contributed by atoms with van der Waals surface area (Å²) in [5.74, 6) is 0.927. The lowest BCUT2D eigenvalue weighted by Gasteiger charge is -2.13. The van der Waals surface area contributed by atoms with Crippen molar-refractivity contribution in [1.82, 2.24) is 0 Å². The van der Waals surface area contributed by atoms with Gasteiger partial charge in [0.2, 0.25) is 0 Å². The molecular formula is C15H15NO. The van der Waals surface area contributed by atoms with Gasteiger partial charge >= 0.3 is 0 Å². The highest BCUT2D eigenvalue weighted by Gasteiger charge is 2.22. The van der Waals surface area contributed by atoms with Crippen LogP contribution in [0.1, 0.15) is 22.9 Å². The van der Waals surface area contributed by atoms with E-state index in [1.807, 2.05) is 24.3 Å². The lowest BCUT2D eigenvalue weighted by atomic mass is 10.1. The van der Waals surface area contributed by atoms with Crippen LogP contribution in [0.2, 0.25) is 0 Å². The summed E-state index contributed by atoms with van der Waals surface area (Å²) in [6, 6.07) is 14.5. The van der Waals surface area contributed by atoms with Crippen molar-refractivity contribution in [2.24, 2.45) is 0 Å². The maximum absolute atomic E-state index is 5.89. The molecule has 0 amide bonds. The van der Waals surface area contributed by atoms with Crippen LogP contribution in [0.3, 0.4) is 0 Å². The SMILES string of the molecule is Cc1cc(C)cc(C2Nc3ccccc3O2)c1. The number of rotatable bonds is 1. The molecule has 1 atom stereocenters. The largest absolute Gasteiger partial charge is 0.464 e. The van der Waals surface area contributed by atoms with E-state index in [1.54, 1.807) is 0 Å². The van der Waals surface area contributed by atoms with Crippen LogP contribution in [0.15, 0.2) is 42.5 Å². The Kier molecular flexibility index (Phi) is 2.29. The number of hydrogen-bond acceptors (Lipinski definition) is 2. The normalized spacial score (nSPS) is 17.2. The van der Waals surface area contributed by atoms with E-state index in [0.717, 1.165) is 11.4 Å². The van der Waals surface area contributed by atoms with Gasteiger partial charge in [0, 0.05) is 5.56 Å². The van der Waals surface area contributed by atoms with E-state index in [4.69, 9.17) is 4.74 Å². The van der Waals surface area contributed by atoms with Gasteiger partial charge in [-0.25, -0.2) is 0 Å². The molecule has 0 fully saturated rings. The minimum absolute atomic E-state index is 0.0639. The van der Waals surface area contributed by atoms with Crippen LogP contribution in [-0.2, 0) is 0 Å². The van der Waals surface area contributed by atoms with Crippen molar-refractivity contribution in [3.05, 3.63) is 59.2 Å². The van der Waals surface area contributed by atoms with Gasteiger partial charge in [-0.1, -0.05) is 41.5 Å². The summed E-state index contributed by atoms with van der Waals surface area (Å²) < 4.78 is 5.89. The average molecular weight is 225 g/mol. The number of anilines is 1. The van der Waals surface area contributed by atoms with Crippen molar-refractivity contribution in [3.63, 3.8) is 0 Å². The second-order valence-corrected chi connectivity index (χ2v) is 4.56. The van der Waals surface area contributed by atoms with Gasteiger partial charge in [0.15, 0.2) is 6.23 Å². The smallest absolute Gasteiger partial charge is 0.196 e. The fourth-order valence-electron chi connectivity index (χ4n) is 2.30. The van der Waals surface area contributed by atoms with E-state index in [0.29, 0.717) is 0 Å². The van der Waals surface area contributed by atoms with E-state index >= 15 is 0 Å². The molecular weight excluding hydrogens is 210 g/mol. The van der Waals surface area contributed by atoms with Crippen molar-refractivity contribution in [3.8, 4) is 5.75 Å². The molecule has 1 aliphatic heterocycles. The molecule has 2 nitrogen and oxygen atoms in total. The third-order valence-corrected chi connectivity index (χ3v) is 2.97. The molecule has 0 bridgehead atoms. The minimum atomic E-state index is -0.0639. The monoisotopic (exact) mass is 225 g/mol. The van der Waals surface area contributed by atoms with Crippen LogP contribution in [0, 0.1) is 13.8 Å². The lowest BCUT2D eigenvalue weighted by Crippen LogP contribution is -2.10. The lowest BCUT2D eigenvalue weighted by molar-refractivity contribution is 0.259. The van der Waals surface area contributed by atoms with Crippen molar-refractivity contribution in [1.29, 1.82) is 0 Å². The Balaban J connectivity index is 1.93. The highest BCUT2D eigenvalue weighted by molar-refractivity contribution is 5.60. The van der Waals surface area contributed by atoms with Crippen molar-refractivity contribution in [2.45, 2.75) is 20.1 Å². The molecule has 86 valence electrons. The number of aryl methyl sites for hydroxylation is 2. The molecule has 0 spiro atoms. The second kappa shape index (κ2) is 3.81. The average Bonchev–Trinajstić information content (AvgIpc) is 2.71. The molecule has 3 rings (SSSR count). The summed E-state index contributed by atoms with van der Waals surface area (Å²) >= 11 is 0. The van der Waals surface area contributed by atoms with E-state index in [1.165, 1.54) is 16.7 Å². The molecule has 1 N–H and O–H groups in total. The number of fused-ring (bicyclic) bond motifs is 1. The standard InChI is InChI=1S/C15H15NO/c1-10-7-11(2)9-12(8-10)15-16-13-5-3-4-6-14(13)17-15/h3-9,15-16H,1-2H3. The molecule has 1 heterocycles. The van der Waals surface area contributed by atoms with Gasteiger partial charge in [0.25, 0.3) is 0 Å². The van der Waals surface area contributed by atoms with Gasteiger partial charge in [-0.2, -0.15) is 0 Å². The Morgan fingerprint density at radius 3 is 2.41 bits per heavy atom. The number of hydrogen-bond donors (Lipinski definition) is 1. The van der Waals surface area contributed by atoms with Gasteiger partial charge in [-0.3, -0.25) is 0 Å². The molecule has 0 aromatic heterocycles. The summed E-state index contributed by atoms with van der Waals surface area (Å²) in [5, 5.41) is 3.38. The Hall–Kier alpha value is -1.96. The van der Waals surface area contributed by atoms with Crippen LogP contribution in [0.25, 0.3) is 0 Å². The van der Waals surface area contributed by atoms with Crippen LogP contribution in [0.4, 0.5) is 5.69 Å². The zero-order valence-electron chi connectivity index (χ0n) is 10.0. The Labute approximate surface area is 101 Å². The molecule has 0 aliphatic carbocycles. The van der Waals surface area contributed by atoms with Crippen molar-refractivity contribution in [2.75, 3.05) is 5.32 Å². The van der Waals surface area contributed by atoms with Gasteiger partial charge in [-0.05, 0) is 26.0 Å². The van der Waals surface area contributed by atoms with Crippen molar-refractivity contribution < 1.29 is 4.74 Å². The number of nitrogens with one attached hydrogen (secondary N) is 1. The second-order valence-electron chi connectivity index (χ2n) is 4.56. The summed E-state index contributed by atoms with van der Waals surface area (Å²) in [5.41, 5.74) is 4.78. The molecule has 1 unspecified atom stereocenters. The van der Waals surface area contributed by atoms with Gasteiger partial charge < -0.3 is 10.1 Å². The maximum Gasteiger partial charge on any atom is 0.196 e. The van der Waals surface area contributed by atoms with Gasteiger partial charge in [0.05, 0.1) is 5.69 Å². The first-order chi connectivity index (χ1) is 8.22. The van der Waals surface area contributed by atoms with Gasteiger partial charge in [-0.15, -0.1) is 0 Å². The Morgan fingerprint density at radius 2 is 1.71 bits per heavy atom. The molecule has 0 saturated carbocycles. The molecule has 0 radical (unpaired) electrons. The van der Waals surface area contributed by atoms with Crippen LogP contribution in [0.5, 0.6) is 5.75 Å². The first-order valence-corrected chi connectivity index (χ1v) is 5.83. The fourth-order valence-corrected chi connectivity index (χ4v) is 2.30. The Bertz CT molecular complexity index is 517. The molecule has 2 aromatic carbocycles. The molecule has 2 aromatic rings. The predicted octanol–water partition coefficient (Wildman–Crippen LogP) is 3.81. The highest BCUT2D eigenvalue weighted by Crippen LogP contribution is 2.37. The van der Waals surface area contributed by atoms with Crippen LogP contribution < -0.4 is 10.1 Å². The third kappa shape index (κ3) is 1.86. The zero-order valence-corrected chi connectivity index (χ0v) is 10.0. The van der Waals surface area contributed by atoms with E-state index in [2.05, 4.69) is 37.4 Å². The first kappa shape index (κ1) is 10.2. The predicted molar refractivity (Wildman–Crippen MR) is 69.3 cm³/mol. The fraction of sp³-hybridized carbons (Fsp3) is 0.200. The van der Waals surface area contributed by atoms with Gasteiger partial charge in [0.1, 0.15) is 5.75 Å². The number of benzene rings is 2. The molecule has 17 heavy (non-hydrogen) atoms. The topological polar surface area (TPSA) is 21.3 Å². The summed E-state index contributed by atoms with van der Waals surface area (Å²) in [6.45, 7) is 4.22. The molecule has 2 heteroatoms. The summed E-state index contributed by atoms with van der Waals surface area (Å²) in [7, 11) is 0. The summed E-state index contributed by atoms with van der Waals surface area (Å²) in [4.78, 5) is 0. The Morgan fingerprint density at radius 1 is 1.00 bits per heavy atom. The van der Waals surface area contributed by atoms with E-state index < -0.39 is 0 Å². The van der Waals surface area contributed by atoms with Crippen molar-refractivity contribution >= 4 is 5.69 Å². The molecule has 1 aliphatic rings. The summed E-state index contributed by atoms with van der Waals surface area (Å²) in [6.07, 6.45) is -0.0639. The van der Waals surface area contributed by atoms with Crippen LogP contribution in [-0.4, -0.2) is 0 Å².